The summed E-state index contributed by atoms with van der Waals surface area (Å²) in [5, 5.41) is 14.2. The number of thioether (sulfide) groups is 1. The Labute approximate surface area is 117 Å². The van der Waals surface area contributed by atoms with Crippen LogP contribution in [0.15, 0.2) is 29.6 Å². The summed E-state index contributed by atoms with van der Waals surface area (Å²) in [5.41, 5.74) is 1.29. The number of rotatable bonds is 6. The maximum atomic E-state index is 10.1. The largest absolute Gasteiger partial charge is 0.392 e. The van der Waals surface area contributed by atoms with Crippen LogP contribution in [0.3, 0.4) is 0 Å². The summed E-state index contributed by atoms with van der Waals surface area (Å²) in [6.45, 7) is 4.41. The Morgan fingerprint density at radius 1 is 1.33 bits per heavy atom. The molecule has 0 aliphatic rings. The molecule has 2 aromatic rings. The van der Waals surface area contributed by atoms with Crippen molar-refractivity contribution in [3.63, 3.8) is 0 Å². The Hall–Kier alpha value is -0.510. The summed E-state index contributed by atoms with van der Waals surface area (Å²) in [4.78, 5) is 0. The normalized spacial score (nSPS) is 14.8. The van der Waals surface area contributed by atoms with Crippen LogP contribution >= 0.6 is 23.1 Å². The molecule has 0 amide bonds. The van der Waals surface area contributed by atoms with Crippen molar-refractivity contribution in [2.24, 2.45) is 0 Å². The van der Waals surface area contributed by atoms with Gasteiger partial charge in [-0.1, -0.05) is 32.0 Å². The molecule has 0 aliphatic carbocycles. The molecule has 0 radical (unpaired) electrons. The van der Waals surface area contributed by atoms with Gasteiger partial charge in [-0.2, -0.15) is 11.8 Å². The van der Waals surface area contributed by atoms with Gasteiger partial charge in [0, 0.05) is 22.1 Å². The second-order valence-corrected chi connectivity index (χ2v) is 7.05. The highest BCUT2D eigenvalue weighted by Crippen LogP contribution is 2.27. The third-order valence-corrected chi connectivity index (χ3v) is 5.66. The summed E-state index contributed by atoms with van der Waals surface area (Å²) in [6, 6.07) is 8.43. The molecular formula is C15H20OS2. The monoisotopic (exact) mass is 280 g/mol. The minimum absolute atomic E-state index is 0.234. The van der Waals surface area contributed by atoms with Gasteiger partial charge in [-0.25, -0.2) is 0 Å². The van der Waals surface area contributed by atoms with Crippen LogP contribution in [0, 0.1) is 0 Å². The lowest BCUT2D eigenvalue weighted by Gasteiger charge is -2.13. The summed E-state index contributed by atoms with van der Waals surface area (Å²) in [5.74, 6) is 0.833. The van der Waals surface area contributed by atoms with Gasteiger partial charge in [-0.3, -0.25) is 0 Å². The molecule has 98 valence electrons. The van der Waals surface area contributed by atoms with E-state index in [2.05, 4.69) is 43.5 Å². The molecule has 1 nitrogen and oxygen atoms in total. The van der Waals surface area contributed by atoms with Crippen molar-refractivity contribution in [1.82, 2.24) is 0 Å². The number of aliphatic hydroxyl groups is 1. The minimum atomic E-state index is -0.234. The molecule has 1 aromatic heterocycles. The molecule has 18 heavy (non-hydrogen) atoms. The summed E-state index contributed by atoms with van der Waals surface area (Å²) in [7, 11) is 0. The standard InChI is InChI=1S/C15H20OS2/c1-3-11(2)17-10-13(16)8-12-9-18-15-7-5-4-6-14(12)15/h4-7,9,11,13,16H,3,8,10H2,1-2H3. The number of thiophene rings is 1. The molecule has 0 spiro atoms. The fourth-order valence-corrected chi connectivity index (χ4v) is 3.78. The highest BCUT2D eigenvalue weighted by Gasteiger charge is 2.11. The van der Waals surface area contributed by atoms with E-state index in [4.69, 9.17) is 0 Å². The van der Waals surface area contributed by atoms with Crippen molar-refractivity contribution >= 4 is 33.2 Å². The lowest BCUT2D eigenvalue weighted by atomic mass is 10.1. The molecule has 0 aliphatic heterocycles. The molecule has 0 bridgehead atoms. The Bertz CT molecular complexity index is 492. The second-order valence-electron chi connectivity index (χ2n) is 4.67. The van der Waals surface area contributed by atoms with E-state index in [1.807, 2.05) is 11.8 Å². The molecule has 1 heterocycles. The van der Waals surface area contributed by atoms with Crippen LogP contribution in [-0.2, 0) is 6.42 Å². The molecule has 3 heteroatoms. The van der Waals surface area contributed by atoms with E-state index < -0.39 is 0 Å². The SMILES string of the molecule is CCC(C)SCC(O)Cc1csc2ccccc12. The van der Waals surface area contributed by atoms with Gasteiger partial charge in [0.15, 0.2) is 0 Å². The second kappa shape index (κ2) is 6.60. The predicted octanol–water partition coefficient (Wildman–Crippen LogP) is 4.34. The van der Waals surface area contributed by atoms with E-state index in [1.165, 1.54) is 22.1 Å². The lowest BCUT2D eigenvalue weighted by molar-refractivity contribution is 0.200. The van der Waals surface area contributed by atoms with Crippen LogP contribution in [0.25, 0.3) is 10.1 Å². The molecule has 1 aromatic carbocycles. The molecular weight excluding hydrogens is 260 g/mol. The maximum Gasteiger partial charge on any atom is 0.0671 e. The molecule has 2 unspecified atom stereocenters. The topological polar surface area (TPSA) is 20.2 Å². The fourth-order valence-electron chi connectivity index (χ4n) is 1.90. The number of hydrogen-bond acceptors (Lipinski definition) is 3. The van der Waals surface area contributed by atoms with Crippen LogP contribution < -0.4 is 0 Å². The van der Waals surface area contributed by atoms with Crippen molar-refractivity contribution in [3.8, 4) is 0 Å². The van der Waals surface area contributed by atoms with Crippen LogP contribution in [0.2, 0.25) is 0 Å². The highest BCUT2D eigenvalue weighted by atomic mass is 32.2. The molecule has 2 atom stereocenters. The number of hydrogen-bond donors (Lipinski definition) is 1. The van der Waals surface area contributed by atoms with Gasteiger partial charge in [0.1, 0.15) is 0 Å². The van der Waals surface area contributed by atoms with Crippen LogP contribution in [0.1, 0.15) is 25.8 Å². The third-order valence-electron chi connectivity index (χ3n) is 3.16. The van der Waals surface area contributed by atoms with Crippen molar-refractivity contribution in [2.75, 3.05) is 5.75 Å². The van der Waals surface area contributed by atoms with E-state index in [9.17, 15) is 5.11 Å². The fraction of sp³-hybridized carbons (Fsp3) is 0.467. The number of aliphatic hydroxyl groups excluding tert-OH is 1. The van der Waals surface area contributed by atoms with Crippen LogP contribution in [0.5, 0.6) is 0 Å². The molecule has 1 N–H and O–H groups in total. The lowest BCUT2D eigenvalue weighted by Crippen LogP contribution is -2.15. The van der Waals surface area contributed by atoms with E-state index >= 15 is 0 Å². The first-order chi connectivity index (χ1) is 8.70. The summed E-state index contributed by atoms with van der Waals surface area (Å²) < 4.78 is 1.31. The van der Waals surface area contributed by atoms with Gasteiger partial charge in [-0.15, -0.1) is 11.3 Å². The summed E-state index contributed by atoms with van der Waals surface area (Å²) >= 11 is 3.63. The molecule has 0 fully saturated rings. The van der Waals surface area contributed by atoms with E-state index in [0.29, 0.717) is 5.25 Å². The van der Waals surface area contributed by atoms with Crippen LogP contribution in [0.4, 0.5) is 0 Å². The van der Waals surface area contributed by atoms with Gasteiger partial charge in [0.2, 0.25) is 0 Å². The van der Waals surface area contributed by atoms with Gasteiger partial charge >= 0.3 is 0 Å². The first-order valence-electron chi connectivity index (χ1n) is 6.45. The number of benzene rings is 1. The summed E-state index contributed by atoms with van der Waals surface area (Å²) in [6.07, 6.45) is 1.70. The van der Waals surface area contributed by atoms with Gasteiger partial charge in [0.25, 0.3) is 0 Å². The average molecular weight is 280 g/mol. The Kier molecular flexibility index (Phi) is 5.10. The molecule has 0 saturated carbocycles. The zero-order chi connectivity index (χ0) is 13.0. The minimum Gasteiger partial charge on any atom is -0.392 e. The van der Waals surface area contributed by atoms with Crippen molar-refractivity contribution < 1.29 is 5.11 Å². The molecule has 2 rings (SSSR count). The first kappa shape index (κ1) is 13.9. The van der Waals surface area contributed by atoms with Gasteiger partial charge in [-0.05, 0) is 28.8 Å². The van der Waals surface area contributed by atoms with E-state index in [1.54, 1.807) is 11.3 Å². The predicted molar refractivity (Wildman–Crippen MR) is 83.7 cm³/mol. The zero-order valence-electron chi connectivity index (χ0n) is 10.9. The Balaban J connectivity index is 1.96. The number of fused-ring (bicyclic) bond motifs is 1. The zero-order valence-corrected chi connectivity index (χ0v) is 12.6. The van der Waals surface area contributed by atoms with Gasteiger partial charge < -0.3 is 5.11 Å². The first-order valence-corrected chi connectivity index (χ1v) is 8.38. The quantitative estimate of drug-likeness (QED) is 0.849. The Morgan fingerprint density at radius 2 is 2.11 bits per heavy atom. The third kappa shape index (κ3) is 3.50. The van der Waals surface area contributed by atoms with Crippen molar-refractivity contribution in [2.45, 2.75) is 38.0 Å². The van der Waals surface area contributed by atoms with E-state index in [-0.39, 0.29) is 6.10 Å². The van der Waals surface area contributed by atoms with E-state index in [0.717, 1.165) is 12.2 Å². The van der Waals surface area contributed by atoms with Gasteiger partial charge in [0.05, 0.1) is 6.10 Å². The smallest absolute Gasteiger partial charge is 0.0671 e. The van der Waals surface area contributed by atoms with Crippen molar-refractivity contribution in [1.29, 1.82) is 0 Å². The van der Waals surface area contributed by atoms with Crippen LogP contribution in [-0.4, -0.2) is 22.2 Å². The molecule has 0 saturated heterocycles. The highest BCUT2D eigenvalue weighted by molar-refractivity contribution is 7.99. The maximum absolute atomic E-state index is 10.1. The van der Waals surface area contributed by atoms with Crippen molar-refractivity contribution in [3.05, 3.63) is 35.2 Å². The average Bonchev–Trinajstić information content (AvgIpc) is 2.79. The Morgan fingerprint density at radius 3 is 2.89 bits per heavy atom.